The molecule has 0 aliphatic heterocycles. The largest absolute Gasteiger partial charge is 0.457 e. The summed E-state index contributed by atoms with van der Waals surface area (Å²) >= 11 is 11.9. The van der Waals surface area contributed by atoms with E-state index in [1.807, 2.05) is 24.3 Å². The fourth-order valence-electron chi connectivity index (χ4n) is 2.03. The minimum absolute atomic E-state index is 0.150. The average Bonchev–Trinajstić information content (AvgIpc) is 2.51. The van der Waals surface area contributed by atoms with Gasteiger partial charge >= 0.3 is 0 Å². The number of aliphatic hydroxyl groups is 1. The smallest absolute Gasteiger partial charge is 0.138 e. The van der Waals surface area contributed by atoms with E-state index in [4.69, 9.17) is 27.9 Å². The molecule has 21 heavy (non-hydrogen) atoms. The summed E-state index contributed by atoms with van der Waals surface area (Å²) in [5, 5.41) is 11.1. The number of fused-ring (bicyclic) bond motifs is 1. The Hall–Kier alpha value is -1.81. The Labute approximate surface area is 131 Å². The Morgan fingerprint density at radius 3 is 2.57 bits per heavy atom. The Balaban J connectivity index is 2.08. The van der Waals surface area contributed by atoms with Crippen LogP contribution < -0.4 is 4.74 Å². The lowest BCUT2D eigenvalue weighted by atomic mass is 10.2. The topological polar surface area (TPSA) is 42.4 Å². The molecule has 0 bridgehead atoms. The average molecular weight is 320 g/mol. The molecule has 0 saturated carbocycles. The minimum atomic E-state index is -0.150. The second kappa shape index (κ2) is 5.90. The molecule has 0 spiro atoms. The summed E-state index contributed by atoms with van der Waals surface area (Å²) in [6, 6.07) is 14.4. The molecule has 2 aromatic carbocycles. The number of hydrogen-bond acceptors (Lipinski definition) is 3. The zero-order chi connectivity index (χ0) is 14.8. The molecule has 0 unspecified atom stereocenters. The van der Waals surface area contributed by atoms with Crippen LogP contribution in [0, 0.1) is 0 Å². The predicted molar refractivity (Wildman–Crippen MR) is 84.2 cm³/mol. The first-order valence-corrected chi connectivity index (χ1v) is 7.05. The van der Waals surface area contributed by atoms with Gasteiger partial charge in [0.1, 0.15) is 11.5 Å². The number of ether oxygens (including phenoxy) is 1. The highest BCUT2D eigenvalue weighted by Crippen LogP contribution is 2.33. The van der Waals surface area contributed by atoms with Crippen LogP contribution in [0.4, 0.5) is 0 Å². The van der Waals surface area contributed by atoms with Gasteiger partial charge in [0.05, 0.1) is 27.9 Å². The lowest BCUT2D eigenvalue weighted by Gasteiger charge is -2.11. The van der Waals surface area contributed by atoms with Gasteiger partial charge in [0.25, 0.3) is 0 Å². The zero-order valence-electron chi connectivity index (χ0n) is 10.9. The Kier molecular flexibility index (Phi) is 3.97. The van der Waals surface area contributed by atoms with E-state index < -0.39 is 0 Å². The summed E-state index contributed by atoms with van der Waals surface area (Å²) in [5.41, 5.74) is 1.31. The number of nitrogens with zero attached hydrogens (tertiary/aromatic N) is 1. The Morgan fingerprint density at radius 1 is 1.00 bits per heavy atom. The molecule has 3 aromatic rings. The molecular weight excluding hydrogens is 309 g/mol. The van der Waals surface area contributed by atoms with Crippen LogP contribution in [0.25, 0.3) is 10.9 Å². The van der Waals surface area contributed by atoms with Crippen molar-refractivity contribution in [3.05, 3.63) is 64.3 Å². The van der Waals surface area contributed by atoms with Gasteiger partial charge in [-0.25, -0.2) is 0 Å². The van der Waals surface area contributed by atoms with E-state index in [-0.39, 0.29) is 6.61 Å². The summed E-state index contributed by atoms with van der Waals surface area (Å²) in [6.45, 7) is -0.150. The molecule has 0 amide bonds. The molecular formula is C16H11Cl2NO2. The summed E-state index contributed by atoms with van der Waals surface area (Å²) < 4.78 is 5.88. The van der Waals surface area contributed by atoms with Gasteiger partial charge in [-0.2, -0.15) is 0 Å². The molecule has 0 aliphatic rings. The van der Waals surface area contributed by atoms with Gasteiger partial charge < -0.3 is 9.84 Å². The SMILES string of the molecule is OCc1cc(Oc2ccc(Cl)c(Cl)c2)c2ccccc2n1. The summed E-state index contributed by atoms with van der Waals surface area (Å²) in [4.78, 5) is 4.35. The fraction of sp³-hybridized carbons (Fsp3) is 0.0625. The number of halogens is 2. The highest BCUT2D eigenvalue weighted by Gasteiger charge is 2.08. The van der Waals surface area contributed by atoms with Gasteiger partial charge in [-0.1, -0.05) is 35.3 Å². The molecule has 0 aliphatic carbocycles. The van der Waals surface area contributed by atoms with Crippen molar-refractivity contribution < 1.29 is 9.84 Å². The van der Waals surface area contributed by atoms with Crippen LogP contribution in [-0.2, 0) is 6.61 Å². The second-order valence-corrected chi connectivity index (χ2v) is 5.28. The molecule has 0 atom stereocenters. The summed E-state index contributed by atoms with van der Waals surface area (Å²) in [7, 11) is 0. The lowest BCUT2D eigenvalue weighted by Crippen LogP contribution is -1.94. The Bertz CT molecular complexity index is 805. The first kappa shape index (κ1) is 14.1. The zero-order valence-corrected chi connectivity index (χ0v) is 12.4. The van der Waals surface area contributed by atoms with Crippen molar-refractivity contribution in [1.29, 1.82) is 0 Å². The quantitative estimate of drug-likeness (QED) is 0.752. The third-order valence-corrected chi connectivity index (χ3v) is 3.75. The van der Waals surface area contributed by atoms with Crippen LogP contribution in [-0.4, -0.2) is 10.1 Å². The van der Waals surface area contributed by atoms with Crippen LogP contribution in [0.2, 0.25) is 10.0 Å². The number of rotatable bonds is 3. The van der Waals surface area contributed by atoms with Gasteiger partial charge in [0.15, 0.2) is 0 Å². The molecule has 3 rings (SSSR count). The highest BCUT2D eigenvalue weighted by atomic mass is 35.5. The van der Waals surface area contributed by atoms with Crippen molar-refractivity contribution >= 4 is 34.1 Å². The summed E-state index contributed by atoms with van der Waals surface area (Å²) in [6.07, 6.45) is 0. The maximum absolute atomic E-state index is 9.31. The molecule has 1 heterocycles. The maximum Gasteiger partial charge on any atom is 0.138 e. The number of aliphatic hydroxyl groups excluding tert-OH is 1. The number of aromatic nitrogens is 1. The van der Waals surface area contributed by atoms with Crippen molar-refractivity contribution in [2.75, 3.05) is 0 Å². The van der Waals surface area contributed by atoms with Gasteiger partial charge in [-0.15, -0.1) is 0 Å². The standard InChI is InChI=1S/C16H11Cl2NO2/c17-13-6-5-11(8-14(13)18)21-16-7-10(9-20)19-15-4-2-1-3-12(15)16/h1-8,20H,9H2. The van der Waals surface area contributed by atoms with E-state index in [0.717, 1.165) is 10.9 Å². The monoisotopic (exact) mass is 319 g/mol. The highest BCUT2D eigenvalue weighted by molar-refractivity contribution is 6.42. The molecule has 1 aromatic heterocycles. The van der Waals surface area contributed by atoms with E-state index in [0.29, 0.717) is 27.2 Å². The van der Waals surface area contributed by atoms with E-state index in [2.05, 4.69) is 4.98 Å². The van der Waals surface area contributed by atoms with Crippen LogP contribution in [0.1, 0.15) is 5.69 Å². The number of pyridine rings is 1. The fourth-order valence-corrected chi connectivity index (χ4v) is 2.32. The molecule has 0 saturated heterocycles. The maximum atomic E-state index is 9.31. The van der Waals surface area contributed by atoms with Crippen LogP contribution in [0.3, 0.4) is 0 Å². The third-order valence-electron chi connectivity index (χ3n) is 3.01. The van der Waals surface area contributed by atoms with E-state index in [1.165, 1.54) is 0 Å². The van der Waals surface area contributed by atoms with Crippen molar-refractivity contribution in [3.8, 4) is 11.5 Å². The molecule has 3 nitrogen and oxygen atoms in total. The van der Waals surface area contributed by atoms with Crippen molar-refractivity contribution in [1.82, 2.24) is 4.98 Å². The lowest BCUT2D eigenvalue weighted by molar-refractivity contribution is 0.277. The third kappa shape index (κ3) is 2.95. The predicted octanol–water partition coefficient (Wildman–Crippen LogP) is 4.83. The van der Waals surface area contributed by atoms with Crippen molar-refractivity contribution in [3.63, 3.8) is 0 Å². The first-order valence-electron chi connectivity index (χ1n) is 6.30. The molecule has 1 N–H and O–H groups in total. The van der Waals surface area contributed by atoms with E-state index >= 15 is 0 Å². The Morgan fingerprint density at radius 2 is 1.81 bits per heavy atom. The minimum Gasteiger partial charge on any atom is -0.457 e. The number of hydrogen-bond donors (Lipinski definition) is 1. The van der Waals surface area contributed by atoms with E-state index in [9.17, 15) is 5.11 Å². The number of benzene rings is 2. The van der Waals surface area contributed by atoms with Crippen LogP contribution in [0.5, 0.6) is 11.5 Å². The molecule has 106 valence electrons. The van der Waals surface area contributed by atoms with E-state index in [1.54, 1.807) is 24.3 Å². The van der Waals surface area contributed by atoms with Crippen LogP contribution >= 0.6 is 23.2 Å². The molecule has 5 heteroatoms. The van der Waals surface area contributed by atoms with Crippen molar-refractivity contribution in [2.45, 2.75) is 6.61 Å². The number of para-hydroxylation sites is 1. The summed E-state index contributed by atoms with van der Waals surface area (Å²) in [5.74, 6) is 1.19. The molecule has 0 fully saturated rings. The van der Waals surface area contributed by atoms with Crippen LogP contribution in [0.15, 0.2) is 48.5 Å². The first-order chi connectivity index (χ1) is 10.2. The normalized spacial score (nSPS) is 10.8. The van der Waals surface area contributed by atoms with Gasteiger partial charge in [-0.3, -0.25) is 4.98 Å². The van der Waals surface area contributed by atoms with Gasteiger partial charge in [0.2, 0.25) is 0 Å². The van der Waals surface area contributed by atoms with Gasteiger partial charge in [-0.05, 0) is 24.3 Å². The molecule has 0 radical (unpaired) electrons. The van der Waals surface area contributed by atoms with Gasteiger partial charge in [0, 0.05) is 17.5 Å². The second-order valence-electron chi connectivity index (χ2n) is 4.46. The van der Waals surface area contributed by atoms with Crippen molar-refractivity contribution in [2.24, 2.45) is 0 Å².